The molecule has 0 aliphatic carbocycles. The van der Waals surface area contributed by atoms with Crippen molar-refractivity contribution in [2.45, 2.75) is 38.6 Å². The highest BCUT2D eigenvalue weighted by atomic mass is 32.2. The van der Waals surface area contributed by atoms with Gasteiger partial charge in [-0.1, -0.05) is 6.92 Å². The van der Waals surface area contributed by atoms with Gasteiger partial charge in [0, 0.05) is 24.1 Å². The van der Waals surface area contributed by atoms with Crippen molar-refractivity contribution in [3.05, 3.63) is 23.7 Å². The van der Waals surface area contributed by atoms with Crippen molar-refractivity contribution >= 4 is 21.8 Å². The number of aryl methyl sites for hydroxylation is 3. The second kappa shape index (κ2) is 5.68. The summed E-state index contributed by atoms with van der Waals surface area (Å²) >= 11 is 0. The lowest BCUT2D eigenvalue weighted by atomic mass is 10.4. The van der Waals surface area contributed by atoms with E-state index in [2.05, 4.69) is 19.8 Å². The molecule has 0 bridgehead atoms. The van der Waals surface area contributed by atoms with E-state index in [0.29, 0.717) is 17.9 Å². The zero-order valence-corrected chi connectivity index (χ0v) is 13.0. The molecule has 21 heavy (non-hydrogen) atoms. The second-order valence-corrected chi connectivity index (χ2v) is 6.37. The number of hydrogen-bond acceptors (Lipinski definition) is 6. The predicted octanol–water partition coefficient (Wildman–Crippen LogP) is 1.08. The van der Waals surface area contributed by atoms with Gasteiger partial charge in [0.1, 0.15) is 4.90 Å². The molecule has 0 aromatic carbocycles. The molecule has 0 saturated carbocycles. The van der Waals surface area contributed by atoms with Gasteiger partial charge in [0.15, 0.2) is 5.82 Å². The van der Waals surface area contributed by atoms with Crippen LogP contribution in [0, 0.1) is 13.8 Å². The Morgan fingerprint density at radius 2 is 1.90 bits per heavy atom. The first-order valence-corrected chi connectivity index (χ1v) is 7.98. The van der Waals surface area contributed by atoms with E-state index in [1.165, 1.54) is 10.9 Å². The van der Waals surface area contributed by atoms with Gasteiger partial charge in [-0.25, -0.2) is 23.1 Å². The number of rotatable bonds is 5. The van der Waals surface area contributed by atoms with Gasteiger partial charge in [-0.05, 0) is 26.3 Å². The summed E-state index contributed by atoms with van der Waals surface area (Å²) in [6, 6.07) is 1.76. The molecule has 3 N–H and O–H groups in total. The molecule has 0 amide bonds. The highest BCUT2D eigenvalue weighted by Crippen LogP contribution is 2.19. The van der Waals surface area contributed by atoms with E-state index >= 15 is 0 Å². The lowest BCUT2D eigenvalue weighted by molar-refractivity contribution is 0.595. The van der Waals surface area contributed by atoms with E-state index in [1.807, 2.05) is 6.92 Å². The van der Waals surface area contributed by atoms with Gasteiger partial charge in [-0.15, -0.1) is 0 Å². The van der Waals surface area contributed by atoms with Gasteiger partial charge < -0.3 is 5.73 Å². The van der Waals surface area contributed by atoms with E-state index < -0.39 is 10.0 Å². The second-order valence-electron chi connectivity index (χ2n) is 4.72. The van der Waals surface area contributed by atoms with E-state index in [4.69, 9.17) is 5.73 Å². The summed E-state index contributed by atoms with van der Waals surface area (Å²) in [6.07, 6.45) is 2.23. The molecule has 8 nitrogen and oxygen atoms in total. The fourth-order valence-electron chi connectivity index (χ4n) is 1.92. The molecular weight excluding hydrogens is 292 g/mol. The highest BCUT2D eigenvalue weighted by Gasteiger charge is 2.22. The Morgan fingerprint density at radius 3 is 2.48 bits per heavy atom. The van der Waals surface area contributed by atoms with E-state index in [1.54, 1.807) is 19.9 Å². The van der Waals surface area contributed by atoms with Crippen LogP contribution in [0.2, 0.25) is 0 Å². The Morgan fingerprint density at radius 1 is 1.29 bits per heavy atom. The van der Waals surface area contributed by atoms with Crippen LogP contribution in [0.25, 0.3) is 0 Å². The highest BCUT2D eigenvalue weighted by molar-refractivity contribution is 7.92. The van der Waals surface area contributed by atoms with Crippen LogP contribution in [0.5, 0.6) is 0 Å². The van der Waals surface area contributed by atoms with E-state index in [9.17, 15) is 8.42 Å². The Hall–Kier alpha value is -2.16. The molecule has 2 aromatic heterocycles. The Kier molecular flexibility index (Phi) is 4.12. The lowest BCUT2D eigenvalue weighted by Gasteiger charge is -2.06. The lowest BCUT2D eigenvalue weighted by Crippen LogP contribution is -2.16. The van der Waals surface area contributed by atoms with E-state index in [-0.39, 0.29) is 16.7 Å². The largest absolute Gasteiger partial charge is 0.381 e. The van der Waals surface area contributed by atoms with Crippen LogP contribution >= 0.6 is 0 Å². The van der Waals surface area contributed by atoms with Crippen LogP contribution in [0.15, 0.2) is 17.2 Å². The van der Waals surface area contributed by atoms with E-state index in [0.717, 1.165) is 6.42 Å². The van der Waals surface area contributed by atoms with Crippen molar-refractivity contribution in [1.29, 1.82) is 0 Å². The van der Waals surface area contributed by atoms with Crippen molar-refractivity contribution in [3.8, 4) is 0 Å². The fourth-order valence-corrected chi connectivity index (χ4v) is 2.93. The molecule has 9 heteroatoms. The molecule has 0 aliphatic rings. The van der Waals surface area contributed by atoms with Gasteiger partial charge in [0.2, 0.25) is 5.95 Å². The number of nitrogen functional groups attached to an aromatic ring is 1. The minimum absolute atomic E-state index is 0.0233. The maximum Gasteiger partial charge on any atom is 0.269 e. The third-order valence-corrected chi connectivity index (χ3v) is 4.05. The minimum atomic E-state index is -3.86. The first-order valence-electron chi connectivity index (χ1n) is 6.50. The summed E-state index contributed by atoms with van der Waals surface area (Å²) in [7, 11) is -3.86. The summed E-state index contributed by atoms with van der Waals surface area (Å²) in [6.45, 7) is 6.09. The first kappa shape index (κ1) is 15.2. The summed E-state index contributed by atoms with van der Waals surface area (Å²) in [4.78, 5) is 8.03. The third kappa shape index (κ3) is 3.48. The van der Waals surface area contributed by atoms with Gasteiger partial charge >= 0.3 is 0 Å². The molecule has 0 aliphatic heterocycles. The Bertz CT molecular complexity index is 733. The molecular formula is C12H18N6O2S. The zero-order chi connectivity index (χ0) is 15.6. The standard InChI is InChI=1S/C12H18N6O2S/c1-4-5-18-7-10(11(13)16-18)21(19,20)17-12-14-8(2)6-9(3)15-12/h6-7H,4-5H2,1-3H3,(H2,13,16)(H,14,15,17). The Labute approximate surface area is 123 Å². The zero-order valence-electron chi connectivity index (χ0n) is 12.2. The molecule has 0 unspecified atom stereocenters. The van der Waals surface area contributed by atoms with Crippen molar-refractivity contribution in [3.63, 3.8) is 0 Å². The van der Waals surface area contributed by atoms with Crippen molar-refractivity contribution < 1.29 is 8.42 Å². The molecule has 0 fully saturated rings. The van der Waals surface area contributed by atoms with Crippen molar-refractivity contribution in [2.24, 2.45) is 0 Å². The normalized spacial score (nSPS) is 11.6. The number of hydrogen-bond donors (Lipinski definition) is 2. The van der Waals surface area contributed by atoms with Gasteiger partial charge in [-0.3, -0.25) is 4.68 Å². The summed E-state index contributed by atoms with van der Waals surface area (Å²) < 4.78 is 28.5. The number of aromatic nitrogens is 4. The number of nitrogens with zero attached hydrogens (tertiary/aromatic N) is 4. The summed E-state index contributed by atoms with van der Waals surface area (Å²) in [5, 5.41) is 3.98. The number of nitrogens with two attached hydrogens (primary N) is 1. The molecule has 0 radical (unpaired) electrons. The molecule has 2 rings (SSSR count). The SMILES string of the molecule is CCCn1cc(S(=O)(=O)Nc2nc(C)cc(C)n2)c(N)n1. The molecule has 2 aromatic rings. The smallest absolute Gasteiger partial charge is 0.269 e. The van der Waals surface area contributed by atoms with Crippen LogP contribution in [-0.4, -0.2) is 28.2 Å². The van der Waals surface area contributed by atoms with Gasteiger partial charge in [0.05, 0.1) is 0 Å². The molecule has 0 atom stereocenters. The van der Waals surface area contributed by atoms with Gasteiger partial charge in [0.25, 0.3) is 10.0 Å². The van der Waals surface area contributed by atoms with Gasteiger partial charge in [-0.2, -0.15) is 5.10 Å². The topological polar surface area (TPSA) is 116 Å². The van der Waals surface area contributed by atoms with Crippen LogP contribution < -0.4 is 10.5 Å². The quantitative estimate of drug-likeness (QED) is 0.853. The summed E-state index contributed by atoms with van der Waals surface area (Å²) in [5.41, 5.74) is 7.03. The van der Waals surface area contributed by atoms with Crippen molar-refractivity contribution in [1.82, 2.24) is 19.7 Å². The number of sulfonamides is 1. The third-order valence-electron chi connectivity index (χ3n) is 2.71. The van der Waals surface area contributed by atoms with Crippen LogP contribution in [-0.2, 0) is 16.6 Å². The predicted molar refractivity (Wildman–Crippen MR) is 79.2 cm³/mol. The first-order chi connectivity index (χ1) is 9.81. The Balaban J connectivity index is 2.33. The average Bonchev–Trinajstić information content (AvgIpc) is 2.69. The maximum atomic E-state index is 12.3. The summed E-state index contributed by atoms with van der Waals surface area (Å²) in [5.74, 6) is -0.0181. The van der Waals surface area contributed by atoms with Crippen LogP contribution in [0.4, 0.5) is 11.8 Å². The van der Waals surface area contributed by atoms with Crippen LogP contribution in [0.1, 0.15) is 24.7 Å². The number of nitrogens with one attached hydrogen (secondary N) is 1. The molecule has 0 saturated heterocycles. The minimum Gasteiger partial charge on any atom is -0.381 e. The fraction of sp³-hybridized carbons (Fsp3) is 0.417. The maximum absolute atomic E-state index is 12.3. The molecule has 114 valence electrons. The number of anilines is 2. The molecule has 2 heterocycles. The molecule has 0 spiro atoms. The average molecular weight is 310 g/mol. The van der Waals surface area contributed by atoms with Crippen LogP contribution in [0.3, 0.4) is 0 Å². The monoisotopic (exact) mass is 310 g/mol. The van der Waals surface area contributed by atoms with Crippen molar-refractivity contribution in [2.75, 3.05) is 10.5 Å².